The Morgan fingerprint density at radius 1 is 1.04 bits per heavy atom. The van der Waals surface area contributed by atoms with Crippen molar-refractivity contribution in [3.05, 3.63) is 29.8 Å². The molecule has 1 aliphatic heterocycles. The summed E-state index contributed by atoms with van der Waals surface area (Å²) in [6.45, 7) is 2.35. The molecule has 7 heteroatoms. The number of esters is 1. The van der Waals surface area contributed by atoms with Crippen molar-refractivity contribution in [2.24, 2.45) is 0 Å². The van der Waals surface area contributed by atoms with Crippen molar-refractivity contribution in [1.29, 1.82) is 0 Å². The number of benzene rings is 1. The number of anilines is 1. The molecule has 1 aromatic rings. The van der Waals surface area contributed by atoms with Crippen molar-refractivity contribution in [3.63, 3.8) is 0 Å². The van der Waals surface area contributed by atoms with Gasteiger partial charge in [0, 0.05) is 19.4 Å². The average Bonchev–Trinajstić information content (AvgIpc) is 2.98. The smallest absolute Gasteiger partial charge is 0.338 e. The number of nitrogens with one attached hydrogen (secondary N) is 1. The molecule has 0 radical (unpaired) electrons. The van der Waals surface area contributed by atoms with Gasteiger partial charge in [-0.25, -0.2) is 4.79 Å². The van der Waals surface area contributed by atoms with Crippen LogP contribution in [-0.2, 0) is 19.1 Å². The number of hydrogen-bond acceptors (Lipinski definition) is 5. The summed E-state index contributed by atoms with van der Waals surface area (Å²) < 4.78 is 4.98. The lowest BCUT2D eigenvalue weighted by Gasteiger charge is -2.14. The van der Waals surface area contributed by atoms with E-state index < -0.39 is 5.97 Å². The molecule has 1 N–H and O–H groups in total. The van der Waals surface area contributed by atoms with Crippen molar-refractivity contribution in [1.82, 2.24) is 5.32 Å². The van der Waals surface area contributed by atoms with E-state index in [9.17, 15) is 19.2 Å². The Kier molecular flexibility index (Phi) is 7.32. The molecule has 1 aliphatic rings. The minimum Gasteiger partial charge on any atom is -0.452 e. The lowest BCUT2D eigenvalue weighted by atomic mass is 10.2. The van der Waals surface area contributed by atoms with Crippen molar-refractivity contribution in [2.75, 3.05) is 18.1 Å². The lowest BCUT2D eigenvalue weighted by molar-refractivity contribution is -0.124. The number of imide groups is 1. The number of rotatable bonds is 9. The first-order valence-corrected chi connectivity index (χ1v) is 8.92. The Bertz CT molecular complexity index is 653. The van der Waals surface area contributed by atoms with E-state index in [0.717, 1.165) is 30.6 Å². The monoisotopic (exact) mass is 360 g/mol. The SMILES string of the molecule is CCCCCCNC(=O)COC(=O)c1ccc(N2C(=O)CCC2=O)cc1. The summed E-state index contributed by atoms with van der Waals surface area (Å²) >= 11 is 0. The van der Waals surface area contributed by atoms with Crippen LogP contribution in [0.1, 0.15) is 55.8 Å². The number of carbonyl (C=O) groups is 4. The zero-order chi connectivity index (χ0) is 18.9. The van der Waals surface area contributed by atoms with Gasteiger partial charge in [-0.2, -0.15) is 0 Å². The Labute approximate surface area is 152 Å². The first-order valence-electron chi connectivity index (χ1n) is 8.92. The maximum Gasteiger partial charge on any atom is 0.338 e. The first-order chi connectivity index (χ1) is 12.5. The van der Waals surface area contributed by atoms with E-state index in [4.69, 9.17) is 4.74 Å². The van der Waals surface area contributed by atoms with Gasteiger partial charge in [0.25, 0.3) is 5.91 Å². The van der Waals surface area contributed by atoms with Gasteiger partial charge in [-0.1, -0.05) is 26.2 Å². The van der Waals surface area contributed by atoms with E-state index in [0.29, 0.717) is 12.2 Å². The molecule has 1 aromatic carbocycles. The maximum atomic E-state index is 12.0. The van der Waals surface area contributed by atoms with Crippen LogP contribution in [0.3, 0.4) is 0 Å². The van der Waals surface area contributed by atoms with Crippen LogP contribution in [0.15, 0.2) is 24.3 Å². The van der Waals surface area contributed by atoms with Gasteiger partial charge >= 0.3 is 5.97 Å². The highest BCUT2D eigenvalue weighted by Gasteiger charge is 2.30. The van der Waals surface area contributed by atoms with Gasteiger partial charge < -0.3 is 10.1 Å². The van der Waals surface area contributed by atoms with E-state index in [-0.39, 0.29) is 42.7 Å². The lowest BCUT2D eigenvalue weighted by Crippen LogP contribution is -2.29. The molecule has 140 valence electrons. The normalized spacial score (nSPS) is 13.8. The van der Waals surface area contributed by atoms with Crippen molar-refractivity contribution in [2.45, 2.75) is 45.4 Å². The average molecular weight is 360 g/mol. The number of ether oxygens (including phenoxy) is 1. The largest absolute Gasteiger partial charge is 0.452 e. The zero-order valence-electron chi connectivity index (χ0n) is 15.0. The summed E-state index contributed by atoms with van der Waals surface area (Å²) in [5.41, 5.74) is 0.683. The Morgan fingerprint density at radius 2 is 1.69 bits per heavy atom. The van der Waals surface area contributed by atoms with Crippen molar-refractivity contribution in [3.8, 4) is 0 Å². The Hall–Kier alpha value is -2.70. The standard InChI is InChI=1S/C19H24N2O5/c1-2-3-4-5-12-20-16(22)13-26-19(25)14-6-8-15(9-7-14)21-17(23)10-11-18(21)24/h6-9H,2-5,10-13H2,1H3,(H,20,22). The van der Waals surface area contributed by atoms with Crippen LogP contribution in [0, 0.1) is 0 Å². The van der Waals surface area contributed by atoms with Gasteiger partial charge in [0.15, 0.2) is 6.61 Å². The van der Waals surface area contributed by atoms with Crippen LogP contribution >= 0.6 is 0 Å². The third-order valence-electron chi connectivity index (χ3n) is 4.10. The molecule has 0 aliphatic carbocycles. The fourth-order valence-electron chi connectivity index (χ4n) is 2.66. The molecule has 2 rings (SSSR count). The summed E-state index contributed by atoms with van der Waals surface area (Å²) in [4.78, 5) is 48.1. The quantitative estimate of drug-likeness (QED) is 0.414. The third-order valence-corrected chi connectivity index (χ3v) is 4.10. The van der Waals surface area contributed by atoms with Crippen LogP contribution in [-0.4, -0.2) is 36.8 Å². The van der Waals surface area contributed by atoms with Gasteiger partial charge in [-0.3, -0.25) is 19.3 Å². The summed E-state index contributed by atoms with van der Waals surface area (Å²) in [7, 11) is 0. The molecular weight excluding hydrogens is 336 g/mol. The van der Waals surface area contributed by atoms with Gasteiger partial charge in [-0.15, -0.1) is 0 Å². The van der Waals surface area contributed by atoms with Crippen LogP contribution in [0.5, 0.6) is 0 Å². The molecule has 0 bridgehead atoms. The Morgan fingerprint density at radius 3 is 2.31 bits per heavy atom. The van der Waals surface area contributed by atoms with Crippen LogP contribution in [0.25, 0.3) is 0 Å². The predicted molar refractivity (Wildman–Crippen MR) is 95.6 cm³/mol. The van der Waals surface area contributed by atoms with E-state index in [1.54, 1.807) is 0 Å². The molecule has 0 spiro atoms. The maximum absolute atomic E-state index is 12.0. The van der Waals surface area contributed by atoms with Gasteiger partial charge in [0.1, 0.15) is 0 Å². The summed E-state index contributed by atoms with van der Waals surface area (Å²) in [5, 5.41) is 2.71. The second-order valence-electron chi connectivity index (χ2n) is 6.16. The molecule has 7 nitrogen and oxygen atoms in total. The molecule has 26 heavy (non-hydrogen) atoms. The molecule has 0 unspecified atom stereocenters. The number of unbranched alkanes of at least 4 members (excludes halogenated alkanes) is 3. The first kappa shape index (κ1) is 19.6. The molecule has 0 saturated carbocycles. The van der Waals surface area contributed by atoms with E-state index in [2.05, 4.69) is 12.2 Å². The summed E-state index contributed by atoms with van der Waals surface area (Å²) in [6.07, 6.45) is 4.64. The van der Waals surface area contributed by atoms with Crippen LogP contribution < -0.4 is 10.2 Å². The van der Waals surface area contributed by atoms with Crippen LogP contribution in [0.2, 0.25) is 0 Å². The predicted octanol–water partition coefficient (Wildman–Crippen LogP) is 2.19. The highest BCUT2D eigenvalue weighted by atomic mass is 16.5. The fraction of sp³-hybridized carbons (Fsp3) is 0.474. The molecule has 1 fully saturated rings. The van der Waals surface area contributed by atoms with Crippen molar-refractivity contribution < 1.29 is 23.9 Å². The minimum absolute atomic E-state index is 0.205. The highest BCUT2D eigenvalue weighted by molar-refractivity contribution is 6.19. The topological polar surface area (TPSA) is 92.8 Å². The van der Waals surface area contributed by atoms with Gasteiger partial charge in [0.05, 0.1) is 11.3 Å². The number of amides is 3. The highest BCUT2D eigenvalue weighted by Crippen LogP contribution is 2.22. The minimum atomic E-state index is -0.628. The van der Waals surface area contributed by atoms with Gasteiger partial charge in [-0.05, 0) is 30.7 Å². The molecular formula is C19H24N2O5. The fourth-order valence-corrected chi connectivity index (χ4v) is 2.66. The van der Waals surface area contributed by atoms with E-state index in [1.807, 2.05) is 0 Å². The number of hydrogen-bond donors (Lipinski definition) is 1. The summed E-state index contributed by atoms with van der Waals surface area (Å²) in [6, 6.07) is 5.98. The van der Waals surface area contributed by atoms with Gasteiger partial charge in [0.2, 0.25) is 11.8 Å². The zero-order valence-corrected chi connectivity index (χ0v) is 15.0. The second kappa shape index (κ2) is 9.70. The van der Waals surface area contributed by atoms with E-state index >= 15 is 0 Å². The second-order valence-corrected chi connectivity index (χ2v) is 6.16. The molecule has 1 saturated heterocycles. The molecule has 0 aromatic heterocycles. The molecule has 3 amide bonds. The molecule has 0 atom stereocenters. The third kappa shape index (κ3) is 5.40. The van der Waals surface area contributed by atoms with Crippen molar-refractivity contribution >= 4 is 29.4 Å². The summed E-state index contributed by atoms with van der Waals surface area (Å²) in [5.74, 6) is -1.46. The molecule has 1 heterocycles. The van der Waals surface area contributed by atoms with Crippen LogP contribution in [0.4, 0.5) is 5.69 Å². The number of carbonyl (C=O) groups excluding carboxylic acids is 4. The van der Waals surface area contributed by atoms with E-state index in [1.165, 1.54) is 24.3 Å². The Balaban J connectivity index is 1.78. The number of nitrogens with zero attached hydrogens (tertiary/aromatic N) is 1.